The smallest absolute Gasteiger partial charge is 0.352 e. The van der Waals surface area contributed by atoms with Crippen LogP contribution >= 0.6 is 0 Å². The highest BCUT2D eigenvalue weighted by molar-refractivity contribution is 6.00. The van der Waals surface area contributed by atoms with Crippen molar-refractivity contribution in [3.63, 3.8) is 0 Å². The predicted octanol–water partition coefficient (Wildman–Crippen LogP) is 3.77. The zero-order valence-electron chi connectivity index (χ0n) is 23.4. The van der Waals surface area contributed by atoms with Gasteiger partial charge in [0.1, 0.15) is 35.9 Å². The monoisotopic (exact) mass is 584 g/mol. The van der Waals surface area contributed by atoms with E-state index < -0.39 is 18.0 Å². The fraction of sp³-hybridized carbons (Fsp3) is 0.250. The fourth-order valence-electron chi connectivity index (χ4n) is 5.54. The maximum absolute atomic E-state index is 12.4. The molecule has 2 aromatic carbocycles. The summed E-state index contributed by atoms with van der Waals surface area (Å²) in [5, 5.41) is 19.6. The Morgan fingerprint density at radius 2 is 1.95 bits per heavy atom. The van der Waals surface area contributed by atoms with Gasteiger partial charge in [0.2, 0.25) is 5.91 Å². The molecule has 2 N–H and O–H groups in total. The third-order valence-corrected chi connectivity index (χ3v) is 7.58. The van der Waals surface area contributed by atoms with Crippen molar-refractivity contribution in [2.24, 2.45) is 5.92 Å². The first-order valence-electron chi connectivity index (χ1n) is 13.6. The SMILES string of the molecule is COc1cc(COc2ccc3nc4ccc(=O)cc-4oc3c2)ccc1OC/C=C/C1=C(C(=O)O)N2C(=O)[C@H]([C@@H](C)O)[C@H]2C1. The second-order valence-electron chi connectivity index (χ2n) is 10.4. The number of hydrogen-bond acceptors (Lipinski definition) is 9. The molecule has 2 aromatic rings. The number of aromatic nitrogens is 1. The van der Waals surface area contributed by atoms with E-state index in [1.165, 1.54) is 31.1 Å². The van der Waals surface area contributed by atoms with E-state index >= 15 is 0 Å². The highest BCUT2D eigenvalue weighted by atomic mass is 16.5. The van der Waals surface area contributed by atoms with Crippen molar-refractivity contribution >= 4 is 23.0 Å². The van der Waals surface area contributed by atoms with E-state index in [0.29, 0.717) is 51.8 Å². The maximum atomic E-state index is 12.4. The molecule has 1 saturated heterocycles. The fourth-order valence-corrected chi connectivity index (χ4v) is 5.54. The average Bonchev–Trinajstić information content (AvgIpc) is 3.31. The number of fused-ring (bicyclic) bond motifs is 3. The molecule has 4 aliphatic rings. The lowest BCUT2D eigenvalue weighted by molar-refractivity contribution is -0.161. The Morgan fingerprint density at radius 1 is 1.12 bits per heavy atom. The van der Waals surface area contributed by atoms with Crippen molar-refractivity contribution < 1.29 is 38.4 Å². The van der Waals surface area contributed by atoms with Crippen LogP contribution in [0.15, 0.2) is 87.2 Å². The summed E-state index contributed by atoms with van der Waals surface area (Å²) in [5.41, 5.74) is 2.86. The number of aliphatic hydroxyl groups is 1. The minimum absolute atomic E-state index is 0.0496. The number of ether oxygens (including phenoxy) is 3. The molecule has 1 amide bonds. The first-order valence-corrected chi connectivity index (χ1v) is 13.6. The summed E-state index contributed by atoms with van der Waals surface area (Å²) in [4.78, 5) is 41.7. The summed E-state index contributed by atoms with van der Waals surface area (Å²) in [6, 6.07) is 14.8. The van der Waals surface area contributed by atoms with Crippen LogP contribution in [0.2, 0.25) is 0 Å². The van der Waals surface area contributed by atoms with Crippen molar-refractivity contribution in [1.82, 2.24) is 9.88 Å². The Morgan fingerprint density at radius 3 is 2.72 bits per heavy atom. The number of aliphatic carboxylic acids is 1. The third-order valence-electron chi connectivity index (χ3n) is 7.58. The number of carbonyl (C=O) groups is 2. The lowest BCUT2D eigenvalue weighted by Gasteiger charge is -2.44. The van der Waals surface area contributed by atoms with Crippen molar-refractivity contribution in [2.75, 3.05) is 13.7 Å². The lowest BCUT2D eigenvalue weighted by Crippen LogP contribution is -2.61. The average molecular weight is 585 g/mol. The highest BCUT2D eigenvalue weighted by Crippen LogP contribution is 2.44. The van der Waals surface area contributed by atoms with E-state index in [1.54, 1.807) is 48.6 Å². The number of carboxylic acids is 1. The minimum atomic E-state index is -1.18. The van der Waals surface area contributed by atoms with Crippen molar-refractivity contribution in [1.29, 1.82) is 0 Å². The molecule has 1 aliphatic carbocycles. The van der Waals surface area contributed by atoms with Gasteiger partial charge in [-0.1, -0.05) is 12.1 Å². The first-order chi connectivity index (χ1) is 20.7. The van der Waals surface area contributed by atoms with E-state index in [1.807, 2.05) is 6.07 Å². The quantitative estimate of drug-likeness (QED) is 0.208. The van der Waals surface area contributed by atoms with E-state index in [9.17, 15) is 24.6 Å². The van der Waals surface area contributed by atoms with Gasteiger partial charge < -0.3 is 33.7 Å². The summed E-state index contributed by atoms with van der Waals surface area (Å²) in [7, 11) is 1.53. The topological polar surface area (TPSA) is 149 Å². The van der Waals surface area contributed by atoms with Gasteiger partial charge in [0.25, 0.3) is 0 Å². The largest absolute Gasteiger partial charge is 0.493 e. The molecule has 3 aliphatic heterocycles. The Balaban J connectivity index is 1.09. The number of hydrogen-bond donors (Lipinski definition) is 2. The van der Waals surface area contributed by atoms with Gasteiger partial charge in [-0.15, -0.1) is 0 Å². The van der Waals surface area contributed by atoms with Crippen LogP contribution < -0.4 is 19.6 Å². The lowest BCUT2D eigenvalue weighted by atomic mass is 9.83. The molecule has 11 heteroatoms. The van der Waals surface area contributed by atoms with Crippen LogP contribution in [0.3, 0.4) is 0 Å². The molecule has 11 nitrogen and oxygen atoms in total. The van der Waals surface area contributed by atoms with Gasteiger partial charge in [0, 0.05) is 12.1 Å². The molecule has 220 valence electrons. The Bertz CT molecular complexity index is 1820. The molecule has 43 heavy (non-hydrogen) atoms. The van der Waals surface area contributed by atoms with E-state index in [4.69, 9.17) is 18.6 Å². The van der Waals surface area contributed by atoms with Gasteiger partial charge in [-0.3, -0.25) is 9.59 Å². The molecule has 0 saturated carbocycles. The number of allylic oxidation sites excluding steroid dienone is 1. The molecule has 1 fully saturated rings. The summed E-state index contributed by atoms with van der Waals surface area (Å²) in [6.07, 6.45) is 2.85. The molecule has 0 bridgehead atoms. The minimum Gasteiger partial charge on any atom is -0.493 e. The van der Waals surface area contributed by atoms with Gasteiger partial charge in [0.15, 0.2) is 28.3 Å². The van der Waals surface area contributed by atoms with E-state index in [-0.39, 0.29) is 36.3 Å². The third kappa shape index (κ3) is 5.30. The summed E-state index contributed by atoms with van der Waals surface area (Å²) in [5.74, 6) is -0.194. The number of β-lactam (4-membered cyclic amide) rings is 1. The summed E-state index contributed by atoms with van der Waals surface area (Å²) >= 11 is 0. The molecular weight excluding hydrogens is 556 g/mol. The van der Waals surface area contributed by atoms with Crippen LogP contribution in [0.5, 0.6) is 17.2 Å². The van der Waals surface area contributed by atoms with Crippen LogP contribution in [0.4, 0.5) is 0 Å². The Labute approximate surface area is 245 Å². The molecule has 0 unspecified atom stereocenters. The van der Waals surface area contributed by atoms with Crippen LogP contribution in [0.25, 0.3) is 22.6 Å². The zero-order chi connectivity index (χ0) is 30.2. The number of methoxy groups -OCH3 is 1. The predicted molar refractivity (Wildman–Crippen MR) is 154 cm³/mol. The number of amides is 1. The molecular formula is C32H28N2O9. The number of rotatable bonds is 10. The van der Waals surface area contributed by atoms with Gasteiger partial charge in [-0.2, -0.15) is 0 Å². The van der Waals surface area contributed by atoms with Crippen molar-refractivity contribution in [2.45, 2.75) is 32.1 Å². The molecule has 3 heterocycles. The van der Waals surface area contributed by atoms with Gasteiger partial charge in [-0.05, 0) is 67.0 Å². The molecule has 0 radical (unpaired) electrons. The van der Waals surface area contributed by atoms with Crippen LogP contribution in [0.1, 0.15) is 18.9 Å². The van der Waals surface area contributed by atoms with E-state index in [2.05, 4.69) is 4.98 Å². The van der Waals surface area contributed by atoms with Crippen molar-refractivity contribution in [3.8, 4) is 28.7 Å². The second-order valence-corrected chi connectivity index (χ2v) is 10.4. The molecule has 3 atom stereocenters. The second kappa shape index (κ2) is 11.3. The normalized spacial score (nSPS) is 18.7. The zero-order valence-corrected chi connectivity index (χ0v) is 23.4. The van der Waals surface area contributed by atoms with E-state index in [0.717, 1.165) is 5.56 Å². The Hall–Kier alpha value is -5.16. The van der Waals surface area contributed by atoms with Crippen LogP contribution in [-0.2, 0) is 16.2 Å². The van der Waals surface area contributed by atoms with Crippen LogP contribution in [-0.4, -0.2) is 57.8 Å². The maximum Gasteiger partial charge on any atom is 0.352 e. The van der Waals surface area contributed by atoms with Gasteiger partial charge in [-0.25, -0.2) is 9.78 Å². The number of carbonyl (C=O) groups excluding carboxylic acids is 1. The number of benzene rings is 3. The molecule has 0 spiro atoms. The Kier molecular flexibility index (Phi) is 7.32. The van der Waals surface area contributed by atoms with Crippen molar-refractivity contribution in [3.05, 3.63) is 93.8 Å². The summed E-state index contributed by atoms with van der Waals surface area (Å²) < 4.78 is 23.2. The number of carboxylic acid groups (broad SMARTS) is 1. The molecule has 6 rings (SSSR count). The first kappa shape index (κ1) is 28.0. The van der Waals surface area contributed by atoms with Gasteiger partial charge in [0.05, 0.1) is 25.2 Å². The molecule has 0 aromatic heterocycles. The highest BCUT2D eigenvalue weighted by Gasteiger charge is 2.56. The van der Waals surface area contributed by atoms with Gasteiger partial charge >= 0.3 is 5.97 Å². The number of aliphatic hydroxyl groups excluding tert-OH is 1. The standard InChI is InChI=1S/C32H28N2O9/c1-17(35)29-24-13-19(30(32(38)39)34(24)31(29)37)4-3-11-41-25-10-5-18(12-28(25)40-2)16-42-21-7-9-23-27(15-21)43-26-14-20(36)6-8-22(26)33-23/h3-10,12,14-15,17,24,29,35H,11,13,16H2,1-2H3,(H,38,39)/b4-3+/t17-,24-,29-/m1/s1. The van der Waals surface area contributed by atoms with Crippen LogP contribution in [0, 0.1) is 5.92 Å². The summed E-state index contributed by atoms with van der Waals surface area (Å²) in [6.45, 7) is 1.92. The number of nitrogens with zero attached hydrogens (tertiary/aromatic N) is 2.